The first kappa shape index (κ1) is 28.9. The Morgan fingerprint density at radius 2 is 1.70 bits per heavy atom. The number of halogens is 2. The van der Waals surface area contributed by atoms with Crippen molar-refractivity contribution in [3.8, 4) is 11.5 Å². The fraction of sp³-hybridized carbons (Fsp3) is 0.129. The molecule has 4 aromatic rings. The number of benzene rings is 4. The second-order valence-corrected chi connectivity index (χ2v) is 9.99. The van der Waals surface area contributed by atoms with Gasteiger partial charge < -0.3 is 14.8 Å². The molecule has 0 heterocycles. The number of rotatable bonds is 11. The molecule has 0 aliphatic heterocycles. The van der Waals surface area contributed by atoms with Gasteiger partial charge in [-0.05, 0) is 75.9 Å². The summed E-state index contributed by atoms with van der Waals surface area (Å²) in [6.07, 6.45) is 2.53. The molecule has 0 bridgehead atoms. The van der Waals surface area contributed by atoms with Gasteiger partial charge in [-0.3, -0.25) is 9.59 Å². The second kappa shape index (κ2) is 14.3. The topological polar surface area (TPSA) is 89.0 Å². The fourth-order valence-corrected chi connectivity index (χ4v) is 4.55. The molecule has 0 radical (unpaired) electrons. The Kier molecular flexibility index (Phi) is 10.3. The molecule has 0 unspecified atom stereocenters. The van der Waals surface area contributed by atoms with Gasteiger partial charge in [0.1, 0.15) is 6.61 Å². The summed E-state index contributed by atoms with van der Waals surface area (Å²) in [6.45, 7) is 0.272. The number of anilines is 1. The largest absolute Gasteiger partial charge is 0.493 e. The first-order valence-electron chi connectivity index (χ1n) is 12.4. The predicted octanol–water partition coefficient (Wildman–Crippen LogP) is 7.03. The van der Waals surface area contributed by atoms with Crippen LogP contribution in [-0.4, -0.2) is 25.1 Å². The van der Waals surface area contributed by atoms with Crippen LogP contribution in [0.5, 0.6) is 11.5 Å². The van der Waals surface area contributed by atoms with Crippen molar-refractivity contribution in [2.45, 2.75) is 19.4 Å². The number of methoxy groups -OCH3 is 1. The average Bonchev–Trinajstić information content (AvgIpc) is 2.97. The number of nitrogens with zero attached hydrogens (tertiary/aromatic N) is 1. The zero-order valence-corrected chi connectivity index (χ0v) is 24.0. The van der Waals surface area contributed by atoms with Crippen molar-refractivity contribution >= 4 is 51.2 Å². The lowest BCUT2D eigenvalue weighted by Gasteiger charge is -2.14. The number of amides is 2. The van der Waals surface area contributed by atoms with Gasteiger partial charge in [0.15, 0.2) is 11.5 Å². The Hall–Kier alpha value is -4.14. The Morgan fingerprint density at radius 3 is 2.42 bits per heavy atom. The van der Waals surface area contributed by atoms with Gasteiger partial charge in [-0.2, -0.15) is 5.10 Å². The maximum atomic E-state index is 12.5. The van der Waals surface area contributed by atoms with Crippen molar-refractivity contribution in [1.29, 1.82) is 0 Å². The predicted molar refractivity (Wildman–Crippen MR) is 161 cm³/mol. The van der Waals surface area contributed by atoms with Crippen molar-refractivity contribution < 1.29 is 19.1 Å². The number of carbonyl (C=O) groups is 2. The lowest BCUT2D eigenvalue weighted by molar-refractivity contribution is -0.116. The van der Waals surface area contributed by atoms with Gasteiger partial charge in [0.25, 0.3) is 5.91 Å². The molecule has 4 aromatic carbocycles. The van der Waals surface area contributed by atoms with Gasteiger partial charge >= 0.3 is 0 Å². The van der Waals surface area contributed by atoms with E-state index < -0.39 is 0 Å². The summed E-state index contributed by atoms with van der Waals surface area (Å²) in [5.74, 6) is 0.544. The number of hydrogen-bond donors (Lipinski definition) is 2. The summed E-state index contributed by atoms with van der Waals surface area (Å²) < 4.78 is 12.1. The molecule has 0 aliphatic rings. The van der Waals surface area contributed by atoms with Crippen LogP contribution in [0.25, 0.3) is 0 Å². The summed E-state index contributed by atoms with van der Waals surface area (Å²) in [5, 5.41) is 7.54. The number of hydrogen-bond acceptors (Lipinski definition) is 5. The third kappa shape index (κ3) is 8.18. The minimum Gasteiger partial charge on any atom is -0.493 e. The van der Waals surface area contributed by atoms with Crippen LogP contribution in [0.4, 0.5) is 5.69 Å². The molecule has 2 amide bonds. The van der Waals surface area contributed by atoms with Crippen molar-refractivity contribution in [1.82, 2.24) is 5.43 Å². The molecular weight excluding hydrogens is 594 g/mol. The Bertz CT molecular complexity index is 1490. The number of carbonyl (C=O) groups excluding carboxylic acids is 2. The lowest BCUT2D eigenvalue weighted by Crippen LogP contribution is -2.18. The monoisotopic (exact) mass is 619 g/mol. The standard InChI is InChI=1S/C31H27BrClN3O4/c1-39-28-18-22(17-26(32)30(28)40-20-24-9-5-6-10-27(24)33)19-34-36-31(38)23-12-14-25(15-13-23)35-29(37)16-11-21-7-3-2-4-8-21/h2-10,12-15,17-19H,11,16,20H2,1H3,(H,35,37)(H,36,38)/b34-19+. The molecule has 204 valence electrons. The molecule has 0 saturated heterocycles. The highest BCUT2D eigenvalue weighted by molar-refractivity contribution is 9.10. The maximum Gasteiger partial charge on any atom is 0.271 e. The maximum absolute atomic E-state index is 12.5. The molecule has 0 atom stereocenters. The van der Waals surface area contributed by atoms with Crippen molar-refractivity contribution in [2.75, 3.05) is 12.4 Å². The molecule has 40 heavy (non-hydrogen) atoms. The highest BCUT2D eigenvalue weighted by atomic mass is 79.9. The second-order valence-electron chi connectivity index (χ2n) is 8.72. The highest BCUT2D eigenvalue weighted by Crippen LogP contribution is 2.37. The van der Waals surface area contributed by atoms with E-state index in [4.69, 9.17) is 21.1 Å². The molecule has 0 spiro atoms. The van der Waals surface area contributed by atoms with E-state index in [0.29, 0.717) is 50.7 Å². The quantitative estimate of drug-likeness (QED) is 0.139. The van der Waals surface area contributed by atoms with E-state index >= 15 is 0 Å². The minimum atomic E-state index is -0.385. The fourth-order valence-electron chi connectivity index (χ4n) is 3.78. The van der Waals surface area contributed by atoms with Crippen LogP contribution in [0.1, 0.15) is 33.5 Å². The zero-order valence-electron chi connectivity index (χ0n) is 21.7. The SMILES string of the molecule is COc1cc(/C=N/NC(=O)c2ccc(NC(=O)CCc3ccccc3)cc2)cc(Br)c1OCc1ccccc1Cl. The first-order valence-corrected chi connectivity index (χ1v) is 13.6. The summed E-state index contributed by atoms with van der Waals surface area (Å²) in [6, 6.07) is 27.5. The van der Waals surface area contributed by atoms with Crippen molar-refractivity contribution in [3.05, 3.63) is 123 Å². The minimum absolute atomic E-state index is 0.0903. The third-order valence-electron chi connectivity index (χ3n) is 5.88. The van der Waals surface area contributed by atoms with E-state index in [9.17, 15) is 9.59 Å². The zero-order chi connectivity index (χ0) is 28.3. The van der Waals surface area contributed by atoms with E-state index in [1.54, 1.807) is 49.6 Å². The highest BCUT2D eigenvalue weighted by Gasteiger charge is 2.13. The van der Waals surface area contributed by atoms with Crippen LogP contribution < -0.4 is 20.2 Å². The van der Waals surface area contributed by atoms with Crippen LogP contribution in [-0.2, 0) is 17.8 Å². The molecule has 7 nitrogen and oxygen atoms in total. The Balaban J connectivity index is 1.30. The van der Waals surface area contributed by atoms with E-state index in [1.165, 1.54) is 6.21 Å². The average molecular weight is 621 g/mol. The summed E-state index contributed by atoms with van der Waals surface area (Å²) in [4.78, 5) is 24.8. The summed E-state index contributed by atoms with van der Waals surface area (Å²) in [5.41, 5.74) is 6.17. The summed E-state index contributed by atoms with van der Waals surface area (Å²) in [7, 11) is 1.54. The van der Waals surface area contributed by atoms with Gasteiger partial charge in [0.2, 0.25) is 5.91 Å². The van der Waals surface area contributed by atoms with Crippen molar-refractivity contribution in [3.63, 3.8) is 0 Å². The molecule has 4 rings (SSSR count). The van der Waals surface area contributed by atoms with E-state index in [2.05, 4.69) is 31.8 Å². The van der Waals surface area contributed by atoms with E-state index in [0.717, 1.165) is 11.1 Å². The molecule has 0 saturated carbocycles. The van der Waals surface area contributed by atoms with Crippen LogP contribution in [0.2, 0.25) is 5.02 Å². The molecule has 0 aromatic heterocycles. The van der Waals surface area contributed by atoms with E-state index in [1.807, 2.05) is 48.5 Å². The molecule has 0 fully saturated rings. The lowest BCUT2D eigenvalue weighted by atomic mass is 10.1. The third-order valence-corrected chi connectivity index (χ3v) is 6.83. The summed E-state index contributed by atoms with van der Waals surface area (Å²) >= 11 is 9.74. The number of hydrazone groups is 1. The van der Waals surface area contributed by atoms with Crippen molar-refractivity contribution in [2.24, 2.45) is 5.10 Å². The Labute approximate surface area is 246 Å². The van der Waals surface area contributed by atoms with Crippen LogP contribution in [0, 0.1) is 0 Å². The molecular formula is C31H27BrClN3O4. The van der Waals surface area contributed by atoms with Crippen LogP contribution in [0.3, 0.4) is 0 Å². The molecule has 9 heteroatoms. The van der Waals surface area contributed by atoms with Gasteiger partial charge in [0, 0.05) is 28.3 Å². The first-order chi connectivity index (χ1) is 19.4. The van der Waals surface area contributed by atoms with Crippen LogP contribution >= 0.6 is 27.5 Å². The number of nitrogens with one attached hydrogen (secondary N) is 2. The Morgan fingerprint density at radius 1 is 0.975 bits per heavy atom. The van der Waals surface area contributed by atoms with Gasteiger partial charge in [-0.25, -0.2) is 5.43 Å². The smallest absolute Gasteiger partial charge is 0.271 e. The molecule has 2 N–H and O–H groups in total. The molecule has 0 aliphatic carbocycles. The van der Waals surface area contributed by atoms with Gasteiger partial charge in [0.05, 0.1) is 17.8 Å². The van der Waals surface area contributed by atoms with Gasteiger partial charge in [-0.15, -0.1) is 0 Å². The number of ether oxygens (including phenoxy) is 2. The van der Waals surface area contributed by atoms with Gasteiger partial charge in [-0.1, -0.05) is 60.1 Å². The van der Waals surface area contributed by atoms with E-state index in [-0.39, 0.29) is 18.4 Å². The number of aryl methyl sites for hydroxylation is 1. The normalized spacial score (nSPS) is 10.8. The van der Waals surface area contributed by atoms with Crippen LogP contribution in [0.15, 0.2) is 101 Å².